The lowest BCUT2D eigenvalue weighted by atomic mass is 10.1. The number of hydrogen-bond donors (Lipinski definition) is 1. The van der Waals surface area contributed by atoms with Crippen molar-refractivity contribution in [3.05, 3.63) is 78.4 Å². The molecule has 0 saturated carbocycles. The molecule has 6 heteroatoms. The van der Waals surface area contributed by atoms with E-state index in [1.54, 1.807) is 0 Å². The van der Waals surface area contributed by atoms with E-state index in [-0.39, 0.29) is 5.91 Å². The Morgan fingerprint density at radius 2 is 1.52 bits per heavy atom. The van der Waals surface area contributed by atoms with Crippen molar-refractivity contribution in [2.45, 2.75) is 12.8 Å². The van der Waals surface area contributed by atoms with E-state index >= 15 is 0 Å². The molecular weight excluding hydrogens is 362 g/mol. The van der Waals surface area contributed by atoms with Crippen molar-refractivity contribution in [2.75, 3.05) is 36.4 Å². The van der Waals surface area contributed by atoms with Crippen LogP contribution in [0, 0.1) is 0 Å². The summed E-state index contributed by atoms with van der Waals surface area (Å²) in [6.07, 6.45) is 1.35. The number of carbonyl (C=O) groups excluding carboxylic acids is 1. The highest BCUT2D eigenvalue weighted by atomic mass is 16.2. The second-order valence-corrected chi connectivity index (χ2v) is 7.12. The van der Waals surface area contributed by atoms with E-state index in [0.29, 0.717) is 6.42 Å². The number of aromatic nitrogens is 2. The van der Waals surface area contributed by atoms with Crippen LogP contribution >= 0.6 is 0 Å². The molecule has 1 fully saturated rings. The second-order valence-electron chi connectivity index (χ2n) is 7.12. The van der Waals surface area contributed by atoms with E-state index in [2.05, 4.69) is 32.5 Å². The maximum atomic E-state index is 12.5. The summed E-state index contributed by atoms with van der Waals surface area (Å²) < 4.78 is 0. The van der Waals surface area contributed by atoms with Gasteiger partial charge in [0.15, 0.2) is 11.6 Å². The van der Waals surface area contributed by atoms with Crippen molar-refractivity contribution in [2.24, 2.45) is 0 Å². The van der Waals surface area contributed by atoms with Gasteiger partial charge in [-0.3, -0.25) is 4.79 Å². The minimum Gasteiger partial charge on any atom is -0.352 e. The first-order chi connectivity index (χ1) is 14.3. The molecule has 0 radical (unpaired) electrons. The Morgan fingerprint density at radius 3 is 2.17 bits per heavy atom. The average Bonchev–Trinajstić information content (AvgIpc) is 2.79. The number of aryl methyl sites for hydroxylation is 1. The first kappa shape index (κ1) is 18.9. The fourth-order valence-electron chi connectivity index (χ4n) is 3.47. The summed E-state index contributed by atoms with van der Waals surface area (Å²) in [4.78, 5) is 16.6. The van der Waals surface area contributed by atoms with Gasteiger partial charge in [-0.1, -0.05) is 48.5 Å². The Hall–Kier alpha value is -3.41. The Balaban J connectivity index is 1.26. The van der Waals surface area contributed by atoms with Crippen LogP contribution in [0.25, 0.3) is 0 Å². The fraction of sp³-hybridized carbons (Fsp3) is 0.261. The number of amides is 1. The summed E-state index contributed by atoms with van der Waals surface area (Å²) in [5.74, 6) is 1.79. The summed E-state index contributed by atoms with van der Waals surface area (Å²) in [5, 5.41) is 11.9. The molecule has 0 bridgehead atoms. The van der Waals surface area contributed by atoms with Gasteiger partial charge in [-0.25, -0.2) is 0 Å². The summed E-state index contributed by atoms with van der Waals surface area (Å²) in [6.45, 7) is 2.99. The van der Waals surface area contributed by atoms with Gasteiger partial charge in [-0.05, 0) is 36.2 Å². The number of benzene rings is 2. The van der Waals surface area contributed by atoms with Crippen LogP contribution in [-0.2, 0) is 11.2 Å². The van der Waals surface area contributed by atoms with Crippen molar-refractivity contribution < 1.29 is 4.79 Å². The van der Waals surface area contributed by atoms with Gasteiger partial charge in [0.2, 0.25) is 5.91 Å². The summed E-state index contributed by atoms with van der Waals surface area (Å²) in [7, 11) is 0. The second kappa shape index (κ2) is 9.19. The third kappa shape index (κ3) is 5.10. The highest BCUT2D eigenvalue weighted by Crippen LogP contribution is 2.18. The lowest BCUT2D eigenvalue weighted by molar-refractivity contribution is -0.131. The SMILES string of the molecule is O=C(CCc1ccccc1)N1CCN(c2ccc(Nc3ccccc3)nn2)CC1. The summed E-state index contributed by atoms with van der Waals surface area (Å²) in [6, 6.07) is 24.0. The first-order valence-corrected chi connectivity index (χ1v) is 10.0. The van der Waals surface area contributed by atoms with Crippen molar-refractivity contribution in [1.82, 2.24) is 15.1 Å². The normalized spacial score (nSPS) is 13.9. The molecule has 0 spiro atoms. The van der Waals surface area contributed by atoms with Gasteiger partial charge in [0.1, 0.15) is 0 Å². The lowest BCUT2D eigenvalue weighted by Gasteiger charge is -2.35. The largest absolute Gasteiger partial charge is 0.352 e. The molecule has 1 aromatic heterocycles. The number of nitrogens with one attached hydrogen (secondary N) is 1. The number of rotatable bonds is 6. The van der Waals surface area contributed by atoms with Crippen molar-refractivity contribution >= 4 is 23.2 Å². The van der Waals surface area contributed by atoms with Gasteiger partial charge in [0.25, 0.3) is 0 Å². The number of para-hydroxylation sites is 1. The van der Waals surface area contributed by atoms with Gasteiger partial charge >= 0.3 is 0 Å². The van der Waals surface area contributed by atoms with E-state index in [9.17, 15) is 4.79 Å². The number of nitrogens with zero attached hydrogens (tertiary/aromatic N) is 4. The topological polar surface area (TPSA) is 61.4 Å². The van der Waals surface area contributed by atoms with Crippen LogP contribution in [0.1, 0.15) is 12.0 Å². The van der Waals surface area contributed by atoms with Crippen LogP contribution in [0.2, 0.25) is 0 Å². The Kier molecular flexibility index (Phi) is 6.00. The summed E-state index contributed by atoms with van der Waals surface area (Å²) >= 11 is 0. The quantitative estimate of drug-likeness (QED) is 0.701. The minimum absolute atomic E-state index is 0.224. The third-order valence-electron chi connectivity index (χ3n) is 5.12. The van der Waals surface area contributed by atoms with Crippen LogP contribution in [0.15, 0.2) is 72.8 Å². The van der Waals surface area contributed by atoms with E-state index in [0.717, 1.165) is 49.9 Å². The highest BCUT2D eigenvalue weighted by molar-refractivity contribution is 5.76. The maximum Gasteiger partial charge on any atom is 0.223 e. The molecule has 2 heterocycles. The van der Waals surface area contributed by atoms with Gasteiger partial charge in [0.05, 0.1) is 0 Å². The Bertz CT molecular complexity index is 907. The van der Waals surface area contributed by atoms with Gasteiger partial charge < -0.3 is 15.1 Å². The monoisotopic (exact) mass is 387 g/mol. The zero-order valence-electron chi connectivity index (χ0n) is 16.4. The molecule has 1 aliphatic heterocycles. The van der Waals surface area contributed by atoms with Crippen LogP contribution in [-0.4, -0.2) is 47.2 Å². The number of piperazine rings is 1. The van der Waals surface area contributed by atoms with Gasteiger partial charge in [-0.15, -0.1) is 10.2 Å². The molecule has 4 rings (SSSR count). The molecule has 0 unspecified atom stereocenters. The van der Waals surface area contributed by atoms with Crippen molar-refractivity contribution in [3.8, 4) is 0 Å². The maximum absolute atomic E-state index is 12.5. The molecule has 148 valence electrons. The van der Waals surface area contributed by atoms with Crippen LogP contribution in [0.3, 0.4) is 0 Å². The molecule has 2 aromatic carbocycles. The van der Waals surface area contributed by atoms with Crippen LogP contribution < -0.4 is 10.2 Å². The van der Waals surface area contributed by atoms with E-state index in [4.69, 9.17) is 0 Å². The molecular formula is C23H25N5O. The number of hydrogen-bond acceptors (Lipinski definition) is 5. The van der Waals surface area contributed by atoms with Crippen molar-refractivity contribution in [3.63, 3.8) is 0 Å². The zero-order valence-corrected chi connectivity index (χ0v) is 16.4. The molecule has 1 N–H and O–H groups in total. The minimum atomic E-state index is 0.224. The molecule has 6 nitrogen and oxygen atoms in total. The first-order valence-electron chi connectivity index (χ1n) is 10.0. The smallest absolute Gasteiger partial charge is 0.223 e. The van der Waals surface area contributed by atoms with Crippen LogP contribution in [0.4, 0.5) is 17.3 Å². The standard InChI is InChI=1S/C23H25N5O/c29-23(14-11-19-7-3-1-4-8-19)28-17-15-27(16-18-28)22-13-12-21(25-26-22)24-20-9-5-2-6-10-20/h1-10,12-13H,11,14-18H2,(H,24,25). The van der Waals surface area contributed by atoms with Crippen molar-refractivity contribution in [1.29, 1.82) is 0 Å². The molecule has 1 saturated heterocycles. The Morgan fingerprint density at radius 1 is 0.828 bits per heavy atom. The zero-order chi connectivity index (χ0) is 19.9. The van der Waals surface area contributed by atoms with Crippen LogP contribution in [0.5, 0.6) is 0 Å². The van der Waals surface area contributed by atoms with E-state index < -0.39 is 0 Å². The fourth-order valence-corrected chi connectivity index (χ4v) is 3.47. The molecule has 1 amide bonds. The molecule has 1 aliphatic rings. The number of carbonyl (C=O) groups is 1. The highest BCUT2D eigenvalue weighted by Gasteiger charge is 2.21. The molecule has 0 atom stereocenters. The molecule has 29 heavy (non-hydrogen) atoms. The predicted molar refractivity (Wildman–Crippen MR) is 115 cm³/mol. The number of anilines is 3. The summed E-state index contributed by atoms with van der Waals surface area (Å²) in [5.41, 5.74) is 2.19. The lowest BCUT2D eigenvalue weighted by Crippen LogP contribution is -2.49. The van der Waals surface area contributed by atoms with Gasteiger partial charge in [-0.2, -0.15) is 0 Å². The van der Waals surface area contributed by atoms with Gasteiger partial charge in [0, 0.05) is 38.3 Å². The molecule has 0 aliphatic carbocycles. The predicted octanol–water partition coefficient (Wildman–Crippen LogP) is 3.50. The van der Waals surface area contributed by atoms with E-state index in [1.807, 2.05) is 65.6 Å². The Labute approximate surface area is 171 Å². The average molecular weight is 387 g/mol. The molecule has 3 aromatic rings. The third-order valence-corrected chi connectivity index (χ3v) is 5.12. The van der Waals surface area contributed by atoms with E-state index in [1.165, 1.54) is 5.56 Å².